The summed E-state index contributed by atoms with van der Waals surface area (Å²) in [5.41, 5.74) is 5.90. The third kappa shape index (κ3) is 5.61. The molecule has 26 heavy (non-hydrogen) atoms. The van der Waals surface area contributed by atoms with Crippen molar-refractivity contribution in [3.05, 3.63) is 69.2 Å². The van der Waals surface area contributed by atoms with Crippen molar-refractivity contribution >= 4 is 52.6 Å². The number of hydrogen-bond donors (Lipinski definition) is 2. The quantitative estimate of drug-likeness (QED) is 0.324. The molecule has 2 amide bonds. The standard InChI is InChI=1S/C17H14ClN3O4S/c18-12-7-5-11(9-14(12)21(24)25)6-8-17(23)20-13-3-1-2-4-15(13)26-10-16(19)22/h1-9H,10H2,(H2,19,22)(H,20,23). The van der Waals surface area contributed by atoms with Crippen LogP contribution < -0.4 is 11.1 Å². The van der Waals surface area contributed by atoms with Gasteiger partial charge in [-0.1, -0.05) is 29.8 Å². The van der Waals surface area contributed by atoms with Gasteiger partial charge in [0.2, 0.25) is 11.8 Å². The van der Waals surface area contributed by atoms with Crippen molar-refractivity contribution in [2.45, 2.75) is 4.90 Å². The molecule has 2 aromatic rings. The van der Waals surface area contributed by atoms with Crippen LogP contribution in [0.2, 0.25) is 5.02 Å². The second-order valence-corrected chi connectivity index (χ2v) is 6.47. The number of carbonyl (C=O) groups is 2. The lowest BCUT2D eigenvalue weighted by Crippen LogP contribution is -2.13. The molecule has 0 bridgehead atoms. The first kappa shape index (κ1) is 19.5. The number of amides is 2. The number of nitrogens with two attached hydrogens (primary N) is 1. The number of carbonyl (C=O) groups excluding carboxylic acids is 2. The largest absolute Gasteiger partial charge is 0.369 e. The summed E-state index contributed by atoms with van der Waals surface area (Å²) in [6.07, 6.45) is 2.69. The van der Waals surface area contributed by atoms with Crippen LogP contribution in [0.1, 0.15) is 5.56 Å². The number of anilines is 1. The van der Waals surface area contributed by atoms with Crippen molar-refractivity contribution < 1.29 is 14.5 Å². The molecule has 9 heteroatoms. The summed E-state index contributed by atoms with van der Waals surface area (Å²) in [6, 6.07) is 11.2. The molecule has 0 saturated carbocycles. The molecule has 0 saturated heterocycles. The minimum absolute atomic E-state index is 0.0250. The monoisotopic (exact) mass is 391 g/mol. The average Bonchev–Trinajstić information content (AvgIpc) is 2.60. The number of para-hydroxylation sites is 1. The maximum absolute atomic E-state index is 12.1. The number of nitro groups is 1. The molecular formula is C17H14ClN3O4S. The van der Waals surface area contributed by atoms with E-state index in [1.165, 1.54) is 36.0 Å². The van der Waals surface area contributed by atoms with E-state index in [4.69, 9.17) is 17.3 Å². The summed E-state index contributed by atoms with van der Waals surface area (Å²) >= 11 is 6.97. The molecule has 0 spiro atoms. The van der Waals surface area contributed by atoms with Gasteiger partial charge in [-0.15, -0.1) is 11.8 Å². The fraction of sp³-hybridized carbons (Fsp3) is 0.0588. The molecule has 0 unspecified atom stereocenters. The van der Waals surface area contributed by atoms with E-state index in [1.54, 1.807) is 30.3 Å². The zero-order valence-corrected chi connectivity index (χ0v) is 14.9. The number of nitrogens with zero attached hydrogens (tertiary/aromatic N) is 1. The molecule has 134 valence electrons. The molecule has 0 radical (unpaired) electrons. The van der Waals surface area contributed by atoms with Crippen molar-refractivity contribution in [1.82, 2.24) is 0 Å². The molecule has 0 atom stereocenters. The highest BCUT2D eigenvalue weighted by atomic mass is 35.5. The van der Waals surface area contributed by atoms with Gasteiger partial charge in [-0.25, -0.2) is 0 Å². The predicted molar refractivity (Wildman–Crippen MR) is 102 cm³/mol. The summed E-state index contributed by atoms with van der Waals surface area (Å²) in [6.45, 7) is 0. The Balaban J connectivity index is 2.10. The maximum atomic E-state index is 12.1. The number of primary amides is 1. The van der Waals surface area contributed by atoms with E-state index in [0.717, 1.165) is 0 Å². The van der Waals surface area contributed by atoms with Gasteiger partial charge in [-0.05, 0) is 29.8 Å². The van der Waals surface area contributed by atoms with Gasteiger partial charge in [0, 0.05) is 17.0 Å². The zero-order chi connectivity index (χ0) is 19.1. The van der Waals surface area contributed by atoms with Crippen LogP contribution in [0.15, 0.2) is 53.4 Å². The van der Waals surface area contributed by atoms with Gasteiger partial charge in [-0.2, -0.15) is 0 Å². The fourth-order valence-corrected chi connectivity index (χ4v) is 2.90. The van der Waals surface area contributed by atoms with E-state index in [1.807, 2.05) is 0 Å². The summed E-state index contributed by atoms with van der Waals surface area (Å²) in [7, 11) is 0. The lowest BCUT2D eigenvalue weighted by molar-refractivity contribution is -0.384. The van der Waals surface area contributed by atoms with Gasteiger partial charge in [0.15, 0.2) is 0 Å². The summed E-state index contributed by atoms with van der Waals surface area (Å²) in [5, 5.41) is 13.6. The second-order valence-electron chi connectivity index (χ2n) is 5.04. The third-order valence-corrected chi connectivity index (χ3v) is 4.52. The van der Waals surface area contributed by atoms with Crippen LogP contribution in [-0.2, 0) is 9.59 Å². The topological polar surface area (TPSA) is 115 Å². The van der Waals surface area contributed by atoms with Crippen LogP contribution in [0.5, 0.6) is 0 Å². The Kier molecular flexibility index (Phi) is 6.76. The van der Waals surface area contributed by atoms with E-state index < -0.39 is 16.7 Å². The Morgan fingerprint density at radius 2 is 2.00 bits per heavy atom. The van der Waals surface area contributed by atoms with Crippen molar-refractivity contribution in [2.24, 2.45) is 5.73 Å². The van der Waals surface area contributed by atoms with Crippen molar-refractivity contribution in [2.75, 3.05) is 11.1 Å². The number of hydrogen-bond acceptors (Lipinski definition) is 5. The van der Waals surface area contributed by atoms with Crippen molar-refractivity contribution in [3.8, 4) is 0 Å². The SMILES string of the molecule is NC(=O)CSc1ccccc1NC(=O)C=Cc1ccc(Cl)c([N+](=O)[O-])c1. The van der Waals surface area contributed by atoms with Crippen molar-refractivity contribution in [1.29, 1.82) is 0 Å². The number of halogens is 1. The lowest BCUT2D eigenvalue weighted by Gasteiger charge is -2.08. The van der Waals surface area contributed by atoms with E-state index in [-0.39, 0.29) is 16.5 Å². The highest BCUT2D eigenvalue weighted by Crippen LogP contribution is 2.27. The van der Waals surface area contributed by atoms with E-state index in [0.29, 0.717) is 16.1 Å². The van der Waals surface area contributed by atoms with Gasteiger partial charge in [-0.3, -0.25) is 19.7 Å². The minimum Gasteiger partial charge on any atom is -0.369 e. The summed E-state index contributed by atoms with van der Waals surface area (Å²) < 4.78 is 0. The van der Waals surface area contributed by atoms with Gasteiger partial charge in [0.1, 0.15) is 5.02 Å². The first-order chi connectivity index (χ1) is 12.4. The second kappa shape index (κ2) is 9.02. The lowest BCUT2D eigenvalue weighted by atomic mass is 10.2. The fourth-order valence-electron chi connectivity index (χ4n) is 1.96. The minimum atomic E-state index is -0.591. The number of thioether (sulfide) groups is 1. The number of rotatable bonds is 7. The molecule has 0 fully saturated rings. The number of benzene rings is 2. The van der Waals surface area contributed by atoms with Crippen LogP contribution in [0.3, 0.4) is 0 Å². The number of nitrogens with one attached hydrogen (secondary N) is 1. The maximum Gasteiger partial charge on any atom is 0.288 e. The molecule has 2 aromatic carbocycles. The van der Waals surface area contributed by atoms with Gasteiger partial charge < -0.3 is 11.1 Å². The normalized spacial score (nSPS) is 10.7. The highest BCUT2D eigenvalue weighted by Gasteiger charge is 2.12. The molecule has 0 aromatic heterocycles. The first-order valence-corrected chi connectivity index (χ1v) is 8.66. The molecule has 0 aliphatic heterocycles. The van der Waals surface area contributed by atoms with Crippen LogP contribution in [0, 0.1) is 10.1 Å². The zero-order valence-electron chi connectivity index (χ0n) is 13.3. The molecular weight excluding hydrogens is 378 g/mol. The molecule has 7 nitrogen and oxygen atoms in total. The molecule has 3 N–H and O–H groups in total. The summed E-state index contributed by atoms with van der Waals surface area (Å²) in [5.74, 6) is -0.785. The van der Waals surface area contributed by atoms with Crippen LogP contribution in [0.25, 0.3) is 6.08 Å². The smallest absolute Gasteiger partial charge is 0.288 e. The van der Waals surface area contributed by atoms with E-state index in [2.05, 4.69) is 5.32 Å². The molecule has 2 rings (SSSR count). The van der Waals surface area contributed by atoms with Crippen LogP contribution in [-0.4, -0.2) is 22.5 Å². The Labute approximate surface area is 158 Å². The van der Waals surface area contributed by atoms with Crippen LogP contribution in [0.4, 0.5) is 11.4 Å². The van der Waals surface area contributed by atoms with Crippen molar-refractivity contribution in [3.63, 3.8) is 0 Å². The molecule has 0 aliphatic carbocycles. The molecule has 0 aliphatic rings. The van der Waals surface area contributed by atoms with E-state index >= 15 is 0 Å². The van der Waals surface area contributed by atoms with E-state index in [9.17, 15) is 19.7 Å². The highest BCUT2D eigenvalue weighted by molar-refractivity contribution is 8.00. The Morgan fingerprint density at radius 1 is 1.27 bits per heavy atom. The first-order valence-electron chi connectivity index (χ1n) is 7.30. The predicted octanol–water partition coefficient (Wildman–Crippen LogP) is 3.48. The van der Waals surface area contributed by atoms with Gasteiger partial charge in [0.05, 0.1) is 16.4 Å². The Bertz CT molecular complexity index is 886. The van der Waals surface area contributed by atoms with Crippen LogP contribution >= 0.6 is 23.4 Å². The third-order valence-electron chi connectivity index (χ3n) is 3.11. The Morgan fingerprint density at radius 3 is 2.69 bits per heavy atom. The number of nitro benzene ring substituents is 1. The average molecular weight is 392 g/mol. The van der Waals surface area contributed by atoms with Gasteiger partial charge >= 0.3 is 0 Å². The summed E-state index contributed by atoms with van der Waals surface area (Å²) in [4.78, 5) is 34.0. The Hall–Kier alpha value is -2.84. The molecule has 0 heterocycles. The van der Waals surface area contributed by atoms with Gasteiger partial charge in [0.25, 0.3) is 5.69 Å².